The van der Waals surface area contributed by atoms with Crippen LogP contribution in [0.1, 0.15) is 39.8 Å². The van der Waals surface area contributed by atoms with Gasteiger partial charge in [-0.25, -0.2) is 4.98 Å². The Morgan fingerprint density at radius 1 is 1.35 bits per heavy atom. The predicted molar refractivity (Wildman–Crippen MR) is 94.4 cm³/mol. The molecule has 6 nitrogen and oxygen atoms in total. The van der Waals surface area contributed by atoms with Gasteiger partial charge in [0.15, 0.2) is 5.13 Å². The molecule has 0 fully saturated rings. The molecule has 3 N–H and O–H groups in total. The molecule has 0 saturated carbocycles. The smallest absolute Gasteiger partial charge is 0.228 e. The molecule has 0 radical (unpaired) electrons. The molecule has 0 aromatic carbocycles. The van der Waals surface area contributed by atoms with Crippen molar-refractivity contribution in [1.29, 1.82) is 0 Å². The van der Waals surface area contributed by atoms with Crippen LogP contribution in [0.15, 0.2) is 5.38 Å². The number of carbonyl (C=O) groups is 2. The van der Waals surface area contributed by atoms with E-state index in [1.54, 1.807) is 11.9 Å². The van der Waals surface area contributed by atoms with Gasteiger partial charge in [-0.1, -0.05) is 27.7 Å². The van der Waals surface area contributed by atoms with Gasteiger partial charge in [0.2, 0.25) is 11.8 Å². The van der Waals surface area contributed by atoms with Crippen LogP contribution in [0.4, 0.5) is 5.13 Å². The van der Waals surface area contributed by atoms with Crippen molar-refractivity contribution in [1.82, 2.24) is 9.88 Å². The number of likely N-dealkylation sites (N-methyl/N-ethyl adjacent to an activating group) is 1. The minimum absolute atomic E-state index is 0.00740. The Labute approximate surface area is 142 Å². The number of hydrogen-bond donors (Lipinski definition) is 2. The van der Waals surface area contributed by atoms with E-state index in [2.05, 4.69) is 24.1 Å². The second-order valence-electron chi connectivity index (χ2n) is 6.48. The van der Waals surface area contributed by atoms with Gasteiger partial charge < -0.3 is 16.0 Å². The Morgan fingerprint density at radius 3 is 2.57 bits per heavy atom. The SMILES string of the molecule is CC(C)C(=O)Nc1nc(CC(=O)N(C)CCC(N)C(C)C)cs1. The molecule has 0 aliphatic carbocycles. The van der Waals surface area contributed by atoms with E-state index in [1.165, 1.54) is 11.3 Å². The zero-order chi connectivity index (χ0) is 17.6. The minimum atomic E-state index is -0.0970. The summed E-state index contributed by atoms with van der Waals surface area (Å²) in [6, 6.07) is 0.0994. The van der Waals surface area contributed by atoms with Crippen LogP contribution in [0.3, 0.4) is 0 Å². The van der Waals surface area contributed by atoms with E-state index in [4.69, 9.17) is 5.73 Å². The van der Waals surface area contributed by atoms with Crippen LogP contribution in [0.2, 0.25) is 0 Å². The van der Waals surface area contributed by atoms with Crippen molar-refractivity contribution in [2.24, 2.45) is 17.6 Å². The summed E-state index contributed by atoms with van der Waals surface area (Å²) in [7, 11) is 1.78. The number of nitrogens with one attached hydrogen (secondary N) is 1. The van der Waals surface area contributed by atoms with Crippen molar-refractivity contribution in [3.63, 3.8) is 0 Å². The van der Waals surface area contributed by atoms with E-state index in [9.17, 15) is 9.59 Å². The fraction of sp³-hybridized carbons (Fsp3) is 0.688. The third kappa shape index (κ3) is 6.66. The molecule has 1 unspecified atom stereocenters. The molecule has 0 spiro atoms. The van der Waals surface area contributed by atoms with Crippen molar-refractivity contribution in [3.8, 4) is 0 Å². The lowest BCUT2D eigenvalue weighted by Gasteiger charge is -2.21. The second kappa shape index (κ2) is 8.98. The number of thiazole rings is 1. The Morgan fingerprint density at radius 2 is 2.00 bits per heavy atom. The maximum Gasteiger partial charge on any atom is 0.228 e. The Bertz CT molecular complexity index is 528. The molecular formula is C16H28N4O2S. The molecule has 7 heteroatoms. The van der Waals surface area contributed by atoms with Crippen molar-refractivity contribution >= 4 is 28.3 Å². The summed E-state index contributed by atoms with van der Waals surface area (Å²) in [5, 5.41) is 5.09. The molecule has 1 aromatic heterocycles. The van der Waals surface area contributed by atoms with Crippen LogP contribution in [-0.4, -0.2) is 41.3 Å². The summed E-state index contributed by atoms with van der Waals surface area (Å²) in [4.78, 5) is 29.8. The number of aromatic nitrogens is 1. The number of rotatable bonds is 8. The molecule has 130 valence electrons. The second-order valence-corrected chi connectivity index (χ2v) is 7.33. The summed E-state index contributed by atoms with van der Waals surface area (Å²) in [5.41, 5.74) is 6.68. The number of hydrogen-bond acceptors (Lipinski definition) is 5. The van der Waals surface area contributed by atoms with E-state index in [0.29, 0.717) is 23.3 Å². The summed E-state index contributed by atoms with van der Waals surface area (Å²) < 4.78 is 0. The van der Waals surface area contributed by atoms with Crippen molar-refractivity contribution in [2.75, 3.05) is 18.9 Å². The molecule has 1 heterocycles. The third-order valence-electron chi connectivity index (χ3n) is 3.72. The molecule has 2 amide bonds. The molecule has 0 aliphatic heterocycles. The number of nitrogens with zero attached hydrogens (tertiary/aromatic N) is 2. The monoisotopic (exact) mass is 340 g/mol. The average Bonchev–Trinajstić information content (AvgIpc) is 2.90. The summed E-state index contributed by atoms with van der Waals surface area (Å²) >= 11 is 1.34. The Hall–Kier alpha value is -1.47. The predicted octanol–water partition coefficient (Wildman–Crippen LogP) is 2.11. The summed E-state index contributed by atoms with van der Waals surface area (Å²) in [6.45, 7) is 8.44. The fourth-order valence-electron chi connectivity index (χ4n) is 1.79. The molecule has 0 aliphatic rings. The van der Waals surface area contributed by atoms with Gasteiger partial charge in [-0.05, 0) is 12.3 Å². The van der Waals surface area contributed by atoms with Crippen molar-refractivity contribution < 1.29 is 9.59 Å². The van der Waals surface area contributed by atoms with Crippen molar-refractivity contribution in [3.05, 3.63) is 11.1 Å². The quantitative estimate of drug-likeness (QED) is 0.758. The molecule has 1 atom stereocenters. The zero-order valence-electron chi connectivity index (χ0n) is 14.6. The van der Waals surface area contributed by atoms with E-state index in [-0.39, 0.29) is 30.2 Å². The number of nitrogens with two attached hydrogens (primary N) is 1. The Balaban J connectivity index is 2.48. The first-order valence-corrected chi connectivity index (χ1v) is 8.83. The highest BCUT2D eigenvalue weighted by molar-refractivity contribution is 7.13. The highest BCUT2D eigenvalue weighted by Gasteiger charge is 2.15. The summed E-state index contributed by atoms with van der Waals surface area (Å²) in [5.74, 6) is 0.245. The molecule has 0 bridgehead atoms. The van der Waals surface area contributed by atoms with E-state index in [0.717, 1.165) is 6.42 Å². The highest BCUT2D eigenvalue weighted by Crippen LogP contribution is 2.17. The largest absolute Gasteiger partial charge is 0.345 e. The van der Waals surface area contributed by atoms with Crippen LogP contribution in [0.25, 0.3) is 0 Å². The number of amides is 2. The first kappa shape index (κ1) is 19.6. The normalized spacial score (nSPS) is 12.5. The van der Waals surface area contributed by atoms with Gasteiger partial charge >= 0.3 is 0 Å². The highest BCUT2D eigenvalue weighted by atomic mass is 32.1. The first-order valence-electron chi connectivity index (χ1n) is 7.95. The van der Waals surface area contributed by atoms with Crippen LogP contribution >= 0.6 is 11.3 Å². The zero-order valence-corrected chi connectivity index (χ0v) is 15.4. The average molecular weight is 340 g/mol. The maximum atomic E-state index is 12.2. The van der Waals surface area contributed by atoms with E-state index >= 15 is 0 Å². The van der Waals surface area contributed by atoms with Crippen LogP contribution < -0.4 is 11.1 Å². The van der Waals surface area contributed by atoms with E-state index in [1.807, 2.05) is 19.2 Å². The van der Waals surface area contributed by atoms with Crippen LogP contribution in [-0.2, 0) is 16.0 Å². The van der Waals surface area contributed by atoms with Gasteiger partial charge in [-0.3, -0.25) is 9.59 Å². The lowest BCUT2D eigenvalue weighted by molar-refractivity contribution is -0.129. The lowest BCUT2D eigenvalue weighted by Crippen LogP contribution is -2.35. The van der Waals surface area contributed by atoms with E-state index < -0.39 is 0 Å². The topological polar surface area (TPSA) is 88.3 Å². The van der Waals surface area contributed by atoms with Gasteiger partial charge in [0.1, 0.15) is 0 Å². The van der Waals surface area contributed by atoms with Gasteiger partial charge in [-0.15, -0.1) is 11.3 Å². The maximum absolute atomic E-state index is 12.2. The molecular weight excluding hydrogens is 312 g/mol. The number of anilines is 1. The van der Waals surface area contributed by atoms with Gasteiger partial charge in [-0.2, -0.15) is 0 Å². The van der Waals surface area contributed by atoms with Gasteiger partial charge in [0.25, 0.3) is 0 Å². The lowest BCUT2D eigenvalue weighted by atomic mass is 10.0. The van der Waals surface area contributed by atoms with Gasteiger partial charge in [0.05, 0.1) is 12.1 Å². The third-order valence-corrected chi connectivity index (χ3v) is 4.53. The minimum Gasteiger partial charge on any atom is -0.345 e. The van der Waals surface area contributed by atoms with Gasteiger partial charge in [0, 0.05) is 30.9 Å². The molecule has 0 saturated heterocycles. The van der Waals surface area contributed by atoms with Crippen LogP contribution in [0, 0.1) is 11.8 Å². The molecule has 1 rings (SSSR count). The Kier molecular flexibility index (Phi) is 7.64. The standard InChI is InChI=1S/C16H28N4O2S/c1-10(2)13(17)6-7-20(5)14(21)8-12-9-23-16(18-12)19-15(22)11(3)4/h9-11,13H,6-8,17H2,1-5H3,(H,18,19,22). The first-order chi connectivity index (χ1) is 10.7. The fourth-order valence-corrected chi connectivity index (χ4v) is 2.50. The number of carbonyl (C=O) groups excluding carboxylic acids is 2. The van der Waals surface area contributed by atoms with Crippen LogP contribution in [0.5, 0.6) is 0 Å². The molecule has 1 aromatic rings. The van der Waals surface area contributed by atoms with Crippen molar-refractivity contribution in [2.45, 2.75) is 46.6 Å². The summed E-state index contributed by atoms with van der Waals surface area (Å²) in [6.07, 6.45) is 1.02. The molecule has 23 heavy (non-hydrogen) atoms.